The highest BCUT2D eigenvalue weighted by molar-refractivity contribution is 5.70. The van der Waals surface area contributed by atoms with E-state index in [1.54, 1.807) is 0 Å². The smallest absolute Gasteiger partial charge is 0.332 e. The number of hydrogen-bond donors (Lipinski definition) is 0. The Morgan fingerprint density at radius 3 is 2.83 bits per heavy atom. The lowest BCUT2D eigenvalue weighted by atomic mass is 10.4. The van der Waals surface area contributed by atoms with Crippen LogP contribution in [0.4, 0.5) is 0 Å². The molecule has 0 saturated heterocycles. The summed E-state index contributed by atoms with van der Waals surface area (Å²) in [6.45, 7) is 2.25. The Hall–Kier alpha value is -0.900. The predicted octanol–water partition coefficient (Wildman–Crippen LogP) is 0.545. The summed E-state index contributed by atoms with van der Waals surface area (Å²) in [6.07, 6.45) is 2.45. The Kier molecular flexibility index (Phi) is 7.58. The van der Waals surface area contributed by atoms with Crippen LogP contribution in [0.25, 0.3) is 0 Å². The van der Waals surface area contributed by atoms with Crippen molar-refractivity contribution >= 4 is 12.3 Å². The normalized spacial score (nSPS) is 9.42. The van der Waals surface area contributed by atoms with Crippen LogP contribution < -0.4 is 0 Å². The summed E-state index contributed by atoms with van der Waals surface area (Å²) in [5, 5.41) is 0. The molecule has 0 spiro atoms. The minimum atomic E-state index is -0.412. The lowest BCUT2D eigenvalue weighted by Crippen LogP contribution is -2.14. The zero-order chi connectivity index (χ0) is 9.23. The van der Waals surface area contributed by atoms with Gasteiger partial charge in [-0.05, 0) is 6.42 Å². The maximum atomic E-state index is 10.7. The first-order chi connectivity index (χ1) is 5.81. The van der Waals surface area contributed by atoms with Crippen LogP contribution in [0.5, 0.6) is 0 Å². The molecule has 0 aliphatic heterocycles. The number of esters is 1. The summed E-state index contributed by atoms with van der Waals surface area (Å²) in [5.74, 6) is -0.412. The first kappa shape index (κ1) is 11.1. The van der Waals surface area contributed by atoms with Crippen LogP contribution in [-0.4, -0.2) is 32.1 Å². The van der Waals surface area contributed by atoms with Gasteiger partial charge in [-0.2, -0.15) is 0 Å². The van der Waals surface area contributed by atoms with Crippen molar-refractivity contribution in [2.75, 3.05) is 19.8 Å². The molecule has 0 aliphatic rings. The molecular formula is C8H14O4. The third-order valence-electron chi connectivity index (χ3n) is 1.17. The Labute approximate surface area is 71.8 Å². The van der Waals surface area contributed by atoms with Gasteiger partial charge in [0.15, 0.2) is 0 Å². The van der Waals surface area contributed by atoms with E-state index in [4.69, 9.17) is 4.74 Å². The van der Waals surface area contributed by atoms with Crippen LogP contribution in [-0.2, 0) is 19.1 Å². The largest absolute Gasteiger partial charge is 0.464 e. The highest BCUT2D eigenvalue weighted by Crippen LogP contribution is 1.88. The van der Waals surface area contributed by atoms with Crippen LogP contribution in [0.2, 0.25) is 0 Å². The molecule has 0 rings (SSSR count). The first-order valence-corrected chi connectivity index (χ1v) is 3.98. The summed E-state index contributed by atoms with van der Waals surface area (Å²) in [6, 6.07) is 0. The topological polar surface area (TPSA) is 52.6 Å². The molecule has 4 heteroatoms. The van der Waals surface area contributed by atoms with Crippen molar-refractivity contribution in [1.82, 2.24) is 0 Å². The zero-order valence-electron chi connectivity index (χ0n) is 7.25. The van der Waals surface area contributed by atoms with Gasteiger partial charge in [0.05, 0.1) is 6.61 Å². The molecular weight excluding hydrogens is 160 g/mol. The van der Waals surface area contributed by atoms with Crippen LogP contribution in [0.1, 0.15) is 19.8 Å². The lowest BCUT2D eigenvalue weighted by molar-refractivity contribution is -0.149. The van der Waals surface area contributed by atoms with Crippen molar-refractivity contribution < 1.29 is 19.1 Å². The second kappa shape index (κ2) is 8.20. The average molecular weight is 174 g/mol. The summed E-state index contributed by atoms with van der Waals surface area (Å²) >= 11 is 0. The van der Waals surface area contributed by atoms with Gasteiger partial charge in [0.1, 0.15) is 19.5 Å². The molecule has 0 radical (unpaired) electrons. The number of hydrogen-bond acceptors (Lipinski definition) is 4. The quantitative estimate of drug-likeness (QED) is 0.321. The highest BCUT2D eigenvalue weighted by atomic mass is 16.6. The molecule has 0 heterocycles. The van der Waals surface area contributed by atoms with Crippen molar-refractivity contribution in [1.29, 1.82) is 0 Å². The molecule has 0 unspecified atom stereocenters. The molecule has 0 aromatic carbocycles. The SMILES string of the molecule is CCCCOC(=O)COCC=O. The Balaban J connectivity index is 3.15. The molecule has 4 nitrogen and oxygen atoms in total. The first-order valence-electron chi connectivity index (χ1n) is 3.98. The van der Waals surface area contributed by atoms with Crippen LogP contribution >= 0.6 is 0 Å². The van der Waals surface area contributed by atoms with Gasteiger partial charge in [-0.15, -0.1) is 0 Å². The van der Waals surface area contributed by atoms with Crippen molar-refractivity contribution in [3.63, 3.8) is 0 Å². The van der Waals surface area contributed by atoms with Gasteiger partial charge in [-0.3, -0.25) is 0 Å². The molecule has 0 aliphatic carbocycles. The standard InChI is InChI=1S/C8H14O4/c1-2-3-5-12-8(10)7-11-6-4-9/h4H,2-3,5-7H2,1H3. The number of unbranched alkanes of at least 4 members (excludes halogenated alkanes) is 1. The van der Waals surface area contributed by atoms with Crippen LogP contribution in [0.15, 0.2) is 0 Å². The van der Waals surface area contributed by atoms with E-state index in [1.807, 2.05) is 6.92 Å². The molecule has 12 heavy (non-hydrogen) atoms. The van der Waals surface area contributed by atoms with Gasteiger partial charge in [0.25, 0.3) is 0 Å². The fourth-order valence-corrected chi connectivity index (χ4v) is 0.562. The summed E-state index contributed by atoms with van der Waals surface area (Å²) in [5.41, 5.74) is 0. The molecule has 0 bridgehead atoms. The van der Waals surface area contributed by atoms with Crippen LogP contribution in [0.3, 0.4) is 0 Å². The summed E-state index contributed by atoms with van der Waals surface area (Å²) in [7, 11) is 0. The van der Waals surface area contributed by atoms with Gasteiger partial charge in [-0.1, -0.05) is 13.3 Å². The van der Waals surface area contributed by atoms with E-state index in [1.165, 1.54) is 0 Å². The molecule has 0 fully saturated rings. The van der Waals surface area contributed by atoms with Gasteiger partial charge in [0, 0.05) is 0 Å². The monoisotopic (exact) mass is 174 g/mol. The number of carbonyl (C=O) groups is 2. The molecule has 0 aromatic heterocycles. The van der Waals surface area contributed by atoms with E-state index in [9.17, 15) is 9.59 Å². The molecule has 70 valence electrons. The molecule has 0 amide bonds. The summed E-state index contributed by atoms with van der Waals surface area (Å²) in [4.78, 5) is 20.5. The number of rotatable bonds is 7. The third-order valence-corrected chi connectivity index (χ3v) is 1.17. The summed E-state index contributed by atoms with van der Waals surface area (Å²) < 4.78 is 9.38. The van der Waals surface area contributed by atoms with E-state index in [-0.39, 0.29) is 13.2 Å². The number of aldehydes is 1. The Morgan fingerprint density at radius 1 is 1.50 bits per heavy atom. The van der Waals surface area contributed by atoms with E-state index in [2.05, 4.69) is 4.74 Å². The van der Waals surface area contributed by atoms with E-state index >= 15 is 0 Å². The second-order valence-electron chi connectivity index (χ2n) is 2.26. The predicted molar refractivity (Wildman–Crippen MR) is 42.8 cm³/mol. The molecule has 0 atom stereocenters. The maximum Gasteiger partial charge on any atom is 0.332 e. The Bertz CT molecular complexity index is 133. The minimum Gasteiger partial charge on any atom is -0.464 e. The van der Waals surface area contributed by atoms with Crippen LogP contribution in [0, 0.1) is 0 Å². The fraction of sp³-hybridized carbons (Fsp3) is 0.750. The van der Waals surface area contributed by atoms with Gasteiger partial charge < -0.3 is 14.3 Å². The molecule has 0 saturated carbocycles. The Morgan fingerprint density at radius 2 is 2.25 bits per heavy atom. The van der Waals surface area contributed by atoms with Gasteiger partial charge in [-0.25, -0.2) is 4.79 Å². The lowest BCUT2D eigenvalue weighted by Gasteiger charge is -2.02. The highest BCUT2D eigenvalue weighted by Gasteiger charge is 2.00. The van der Waals surface area contributed by atoms with E-state index < -0.39 is 5.97 Å². The third kappa shape index (κ3) is 7.21. The fourth-order valence-electron chi connectivity index (χ4n) is 0.562. The van der Waals surface area contributed by atoms with E-state index in [0.29, 0.717) is 12.9 Å². The van der Waals surface area contributed by atoms with Crippen molar-refractivity contribution in [3.05, 3.63) is 0 Å². The molecule has 0 aromatic rings. The average Bonchev–Trinajstić information content (AvgIpc) is 2.06. The number of carbonyl (C=O) groups excluding carboxylic acids is 2. The van der Waals surface area contributed by atoms with Gasteiger partial charge in [0.2, 0.25) is 0 Å². The van der Waals surface area contributed by atoms with Crippen molar-refractivity contribution in [3.8, 4) is 0 Å². The van der Waals surface area contributed by atoms with Crippen molar-refractivity contribution in [2.24, 2.45) is 0 Å². The number of ether oxygens (including phenoxy) is 2. The van der Waals surface area contributed by atoms with Crippen molar-refractivity contribution in [2.45, 2.75) is 19.8 Å². The second-order valence-corrected chi connectivity index (χ2v) is 2.26. The maximum absolute atomic E-state index is 10.7. The van der Waals surface area contributed by atoms with E-state index in [0.717, 1.165) is 12.8 Å². The molecule has 0 N–H and O–H groups in total. The zero-order valence-corrected chi connectivity index (χ0v) is 7.25. The minimum absolute atomic E-state index is 0.0527. The van der Waals surface area contributed by atoms with Gasteiger partial charge >= 0.3 is 5.97 Å².